The maximum Gasteiger partial charge on any atom is 0.192 e. The summed E-state index contributed by atoms with van der Waals surface area (Å²) < 4.78 is 6.41. The Morgan fingerprint density at radius 3 is 2.35 bits per heavy atom. The molecule has 2 atom stereocenters. The molecular weight excluding hydrogens is 342 g/mol. The Morgan fingerprint density at radius 1 is 1.19 bits per heavy atom. The predicted molar refractivity (Wildman–Crippen MR) is 112 cm³/mol. The molecule has 0 spiro atoms. The molecule has 0 aliphatic rings. The highest BCUT2D eigenvalue weighted by Crippen LogP contribution is 2.37. The molecule has 5 heteroatoms. The molecule has 0 fully saturated rings. The molecule has 1 aromatic carbocycles. The Bertz CT molecular complexity index is 579. The van der Waals surface area contributed by atoms with Crippen molar-refractivity contribution < 1.29 is 14.1 Å². The second kappa shape index (κ2) is 10.0. The van der Waals surface area contributed by atoms with E-state index in [-0.39, 0.29) is 23.0 Å². The standard InChI is InChI=1S/C21H35NO3Si/c1-17(23)13-15-20(24-22-19-11-9-8-10-12-19)16-14-18(2)25-26(6,7)21(3,4)5/h8-13,15,18,20,22H,14,16H2,1-7H3/b15-13+/t18-,20-/m1/s1. The van der Waals surface area contributed by atoms with Gasteiger partial charge in [-0.3, -0.25) is 15.1 Å². The van der Waals surface area contributed by atoms with Crippen LogP contribution in [0.4, 0.5) is 5.69 Å². The molecule has 26 heavy (non-hydrogen) atoms. The molecule has 0 aliphatic heterocycles. The van der Waals surface area contributed by atoms with E-state index < -0.39 is 8.32 Å². The smallest absolute Gasteiger partial charge is 0.192 e. The summed E-state index contributed by atoms with van der Waals surface area (Å²) in [5, 5.41) is 0.195. The third kappa shape index (κ3) is 8.30. The van der Waals surface area contributed by atoms with Crippen LogP contribution in [-0.4, -0.2) is 26.3 Å². The van der Waals surface area contributed by atoms with E-state index in [1.165, 1.54) is 0 Å². The predicted octanol–water partition coefficient (Wildman–Crippen LogP) is 5.73. The molecule has 0 bridgehead atoms. The quantitative estimate of drug-likeness (QED) is 0.321. The first-order valence-corrected chi connectivity index (χ1v) is 12.3. The maximum absolute atomic E-state index is 11.3. The largest absolute Gasteiger partial charge is 0.414 e. The fourth-order valence-electron chi connectivity index (χ4n) is 2.22. The topological polar surface area (TPSA) is 47.6 Å². The van der Waals surface area contributed by atoms with Crippen molar-refractivity contribution in [2.75, 3.05) is 5.48 Å². The number of allylic oxidation sites excluding steroid dienone is 1. The molecule has 4 nitrogen and oxygen atoms in total. The zero-order chi connectivity index (χ0) is 19.8. The van der Waals surface area contributed by atoms with Crippen LogP contribution in [0.2, 0.25) is 18.1 Å². The van der Waals surface area contributed by atoms with Crippen molar-refractivity contribution >= 4 is 19.8 Å². The molecule has 1 rings (SSSR count). The van der Waals surface area contributed by atoms with Crippen molar-refractivity contribution in [3.05, 3.63) is 42.5 Å². The molecule has 0 saturated carbocycles. The lowest BCUT2D eigenvalue weighted by molar-refractivity contribution is -0.112. The van der Waals surface area contributed by atoms with Gasteiger partial charge in [-0.25, -0.2) is 0 Å². The highest BCUT2D eigenvalue weighted by molar-refractivity contribution is 6.74. The van der Waals surface area contributed by atoms with Crippen molar-refractivity contribution in [3.8, 4) is 0 Å². The van der Waals surface area contributed by atoms with E-state index in [4.69, 9.17) is 9.26 Å². The number of rotatable bonds is 10. The maximum atomic E-state index is 11.3. The molecule has 1 aromatic rings. The summed E-state index contributed by atoms with van der Waals surface area (Å²) in [5.41, 5.74) is 3.86. The zero-order valence-electron chi connectivity index (χ0n) is 17.3. The van der Waals surface area contributed by atoms with Crippen molar-refractivity contribution in [2.24, 2.45) is 0 Å². The van der Waals surface area contributed by atoms with E-state index in [1.54, 1.807) is 13.0 Å². The lowest BCUT2D eigenvalue weighted by Crippen LogP contribution is -2.43. The third-order valence-corrected chi connectivity index (χ3v) is 9.41. The van der Waals surface area contributed by atoms with Crippen molar-refractivity contribution in [2.45, 2.75) is 77.8 Å². The number of carbonyl (C=O) groups is 1. The Morgan fingerprint density at radius 2 is 1.81 bits per heavy atom. The molecule has 0 aromatic heterocycles. The van der Waals surface area contributed by atoms with Gasteiger partial charge in [0.2, 0.25) is 0 Å². The lowest BCUT2D eigenvalue weighted by atomic mass is 10.1. The molecule has 0 aliphatic carbocycles. The molecule has 0 heterocycles. The number of ketones is 1. The number of hydrogen-bond donors (Lipinski definition) is 1. The number of hydrogen-bond acceptors (Lipinski definition) is 4. The van der Waals surface area contributed by atoms with Crippen LogP contribution in [0.3, 0.4) is 0 Å². The molecule has 1 N–H and O–H groups in total. The first-order valence-electron chi connectivity index (χ1n) is 9.34. The number of anilines is 1. The van der Waals surface area contributed by atoms with Crippen LogP contribution in [0.1, 0.15) is 47.5 Å². The van der Waals surface area contributed by atoms with Crippen LogP contribution in [0.15, 0.2) is 42.5 Å². The van der Waals surface area contributed by atoms with Gasteiger partial charge in [0.15, 0.2) is 14.1 Å². The minimum Gasteiger partial charge on any atom is -0.414 e. The first kappa shape index (κ1) is 22.6. The van der Waals surface area contributed by atoms with E-state index in [0.29, 0.717) is 0 Å². The Balaban J connectivity index is 2.60. The number of carbonyl (C=O) groups excluding carboxylic acids is 1. The number of nitrogens with one attached hydrogen (secondary N) is 1. The van der Waals surface area contributed by atoms with Gasteiger partial charge in [-0.2, -0.15) is 0 Å². The Kier molecular flexibility index (Phi) is 8.73. The fraction of sp³-hybridized carbons (Fsp3) is 0.571. The van der Waals surface area contributed by atoms with Gasteiger partial charge in [-0.1, -0.05) is 39.0 Å². The third-order valence-electron chi connectivity index (χ3n) is 4.81. The summed E-state index contributed by atoms with van der Waals surface area (Å²) in [6, 6.07) is 9.73. The summed E-state index contributed by atoms with van der Waals surface area (Å²) in [6.07, 6.45) is 5.00. The van der Waals surface area contributed by atoms with E-state index in [1.807, 2.05) is 36.4 Å². The second-order valence-corrected chi connectivity index (χ2v) is 13.1. The monoisotopic (exact) mass is 377 g/mol. The summed E-state index contributed by atoms with van der Waals surface area (Å²) in [6.45, 7) is 14.9. The Labute approximate surface area is 160 Å². The minimum absolute atomic E-state index is 0.0175. The van der Waals surface area contributed by atoms with E-state index in [0.717, 1.165) is 18.5 Å². The van der Waals surface area contributed by atoms with Crippen LogP contribution in [-0.2, 0) is 14.1 Å². The number of benzene rings is 1. The minimum atomic E-state index is -1.78. The molecule has 146 valence electrons. The first-order chi connectivity index (χ1) is 12.0. The summed E-state index contributed by atoms with van der Waals surface area (Å²) in [5.74, 6) is 0.0175. The van der Waals surface area contributed by atoms with Crippen LogP contribution in [0.5, 0.6) is 0 Å². The molecule has 0 amide bonds. The van der Waals surface area contributed by atoms with Gasteiger partial charge in [-0.05, 0) is 69.1 Å². The highest BCUT2D eigenvalue weighted by atomic mass is 28.4. The molecule has 0 unspecified atom stereocenters. The second-order valence-electron chi connectivity index (χ2n) is 8.36. The molecular formula is C21H35NO3Si. The number of para-hydroxylation sites is 1. The SMILES string of the molecule is CC(=O)/C=C/[C@H](CC[C@@H](C)O[Si](C)(C)C(C)(C)C)ONc1ccccc1. The van der Waals surface area contributed by atoms with Gasteiger partial charge in [0.05, 0.1) is 5.69 Å². The Hall–Kier alpha value is -1.43. The lowest BCUT2D eigenvalue weighted by Gasteiger charge is -2.38. The summed E-state index contributed by atoms with van der Waals surface area (Å²) in [4.78, 5) is 17.1. The fourth-order valence-corrected chi connectivity index (χ4v) is 3.70. The van der Waals surface area contributed by atoms with Crippen molar-refractivity contribution in [1.29, 1.82) is 0 Å². The van der Waals surface area contributed by atoms with Gasteiger partial charge in [0, 0.05) is 6.10 Å². The van der Waals surface area contributed by atoms with Gasteiger partial charge < -0.3 is 4.43 Å². The van der Waals surface area contributed by atoms with Gasteiger partial charge >= 0.3 is 0 Å². The average molecular weight is 378 g/mol. The summed E-state index contributed by atoms with van der Waals surface area (Å²) in [7, 11) is -1.78. The normalized spacial score (nSPS) is 15.0. The van der Waals surface area contributed by atoms with Gasteiger partial charge in [0.1, 0.15) is 6.10 Å². The zero-order valence-corrected chi connectivity index (χ0v) is 18.3. The van der Waals surface area contributed by atoms with Crippen molar-refractivity contribution in [3.63, 3.8) is 0 Å². The van der Waals surface area contributed by atoms with Crippen molar-refractivity contribution in [1.82, 2.24) is 0 Å². The van der Waals surface area contributed by atoms with E-state index >= 15 is 0 Å². The van der Waals surface area contributed by atoms with Crippen LogP contribution in [0, 0.1) is 0 Å². The van der Waals surface area contributed by atoms with Crippen LogP contribution in [0.25, 0.3) is 0 Å². The van der Waals surface area contributed by atoms with Crippen LogP contribution < -0.4 is 5.48 Å². The highest BCUT2D eigenvalue weighted by Gasteiger charge is 2.38. The molecule has 0 saturated heterocycles. The van der Waals surface area contributed by atoms with E-state index in [9.17, 15) is 4.79 Å². The average Bonchev–Trinajstić information content (AvgIpc) is 2.53. The van der Waals surface area contributed by atoms with E-state index in [2.05, 4.69) is 46.3 Å². The van der Waals surface area contributed by atoms with Gasteiger partial charge in [0.25, 0.3) is 0 Å². The molecule has 0 radical (unpaired) electrons. The van der Waals surface area contributed by atoms with Gasteiger partial charge in [-0.15, -0.1) is 0 Å². The summed E-state index contributed by atoms with van der Waals surface area (Å²) >= 11 is 0. The van der Waals surface area contributed by atoms with Crippen LogP contribution >= 0.6 is 0 Å².